The van der Waals surface area contributed by atoms with Crippen molar-refractivity contribution in [2.75, 3.05) is 6.54 Å². The molecule has 1 aliphatic carbocycles. The monoisotopic (exact) mass is 325 g/mol. The van der Waals surface area contributed by atoms with Crippen molar-refractivity contribution in [2.24, 2.45) is 0 Å². The number of nitrogens with zero attached hydrogens (tertiary/aromatic N) is 2. The van der Waals surface area contributed by atoms with Crippen molar-refractivity contribution in [2.45, 2.75) is 58.5 Å². The SMILES string of the molecule is Cc1cc(C(=O)CNCc2ccncc2)c(C)n1C1CCCCC1. The Hall–Kier alpha value is -1.94. The largest absolute Gasteiger partial charge is 0.345 e. The Morgan fingerprint density at radius 3 is 2.62 bits per heavy atom. The summed E-state index contributed by atoms with van der Waals surface area (Å²) in [6, 6.07) is 6.57. The van der Waals surface area contributed by atoms with Crippen molar-refractivity contribution in [1.29, 1.82) is 0 Å². The second kappa shape index (κ2) is 7.75. The van der Waals surface area contributed by atoms with E-state index in [1.807, 2.05) is 12.1 Å². The second-order valence-electron chi connectivity index (χ2n) is 6.83. The van der Waals surface area contributed by atoms with Crippen molar-refractivity contribution >= 4 is 5.78 Å². The van der Waals surface area contributed by atoms with Crippen LogP contribution in [-0.2, 0) is 6.54 Å². The summed E-state index contributed by atoms with van der Waals surface area (Å²) in [5.41, 5.74) is 4.37. The van der Waals surface area contributed by atoms with Crippen molar-refractivity contribution in [3.8, 4) is 0 Å². The summed E-state index contributed by atoms with van der Waals surface area (Å²) >= 11 is 0. The predicted molar refractivity (Wildman–Crippen MR) is 96.3 cm³/mol. The van der Waals surface area contributed by atoms with Gasteiger partial charge in [0, 0.05) is 41.9 Å². The highest BCUT2D eigenvalue weighted by molar-refractivity contribution is 5.99. The van der Waals surface area contributed by atoms with E-state index < -0.39 is 0 Å². The van der Waals surface area contributed by atoms with Gasteiger partial charge in [0.25, 0.3) is 0 Å². The van der Waals surface area contributed by atoms with Crippen molar-refractivity contribution in [3.63, 3.8) is 0 Å². The van der Waals surface area contributed by atoms with Crippen LogP contribution < -0.4 is 5.32 Å². The molecule has 1 saturated carbocycles. The zero-order chi connectivity index (χ0) is 16.9. The standard InChI is InChI=1S/C20H27N3O/c1-15-12-19(16(2)23(15)18-6-4-3-5-7-18)20(24)14-22-13-17-8-10-21-11-9-17/h8-12,18,22H,3-7,13-14H2,1-2H3. The second-order valence-corrected chi connectivity index (χ2v) is 6.83. The number of hydrogen-bond acceptors (Lipinski definition) is 3. The van der Waals surface area contributed by atoms with Crippen LogP contribution in [0, 0.1) is 13.8 Å². The zero-order valence-electron chi connectivity index (χ0n) is 14.7. The molecule has 0 aliphatic heterocycles. The lowest BCUT2D eigenvalue weighted by Gasteiger charge is -2.26. The van der Waals surface area contributed by atoms with Gasteiger partial charge < -0.3 is 9.88 Å². The number of rotatable bonds is 6. The molecule has 1 fully saturated rings. The van der Waals surface area contributed by atoms with E-state index in [4.69, 9.17) is 0 Å². The lowest BCUT2D eigenvalue weighted by atomic mass is 9.95. The summed E-state index contributed by atoms with van der Waals surface area (Å²) in [6.45, 7) is 5.29. The fourth-order valence-electron chi connectivity index (χ4n) is 3.88. The molecule has 0 saturated heterocycles. The number of aromatic nitrogens is 2. The third-order valence-corrected chi connectivity index (χ3v) is 5.09. The summed E-state index contributed by atoms with van der Waals surface area (Å²) in [4.78, 5) is 16.6. The number of Topliss-reactive ketones (excluding diaryl/α,β-unsaturated/α-hetero) is 1. The van der Waals surface area contributed by atoms with Gasteiger partial charge in [-0.05, 0) is 50.5 Å². The number of ketones is 1. The van der Waals surface area contributed by atoms with E-state index in [9.17, 15) is 4.79 Å². The highest BCUT2D eigenvalue weighted by Gasteiger charge is 2.22. The first-order chi connectivity index (χ1) is 11.7. The number of aryl methyl sites for hydroxylation is 1. The first kappa shape index (κ1) is 16.9. The molecule has 1 aliphatic rings. The van der Waals surface area contributed by atoms with Gasteiger partial charge in [-0.1, -0.05) is 19.3 Å². The minimum atomic E-state index is 0.180. The third-order valence-electron chi connectivity index (χ3n) is 5.09. The average molecular weight is 325 g/mol. The lowest BCUT2D eigenvalue weighted by molar-refractivity contribution is 0.0990. The van der Waals surface area contributed by atoms with E-state index in [0.29, 0.717) is 19.1 Å². The molecule has 4 nitrogen and oxygen atoms in total. The predicted octanol–water partition coefficient (Wildman–Crippen LogP) is 3.98. The highest BCUT2D eigenvalue weighted by Crippen LogP contribution is 2.32. The van der Waals surface area contributed by atoms with Crippen molar-refractivity contribution < 1.29 is 4.79 Å². The Balaban J connectivity index is 1.64. The van der Waals surface area contributed by atoms with Gasteiger partial charge >= 0.3 is 0 Å². The number of pyridine rings is 1. The first-order valence-electron chi connectivity index (χ1n) is 8.98. The number of carbonyl (C=O) groups is 1. The van der Waals surface area contributed by atoms with Gasteiger partial charge in [0.15, 0.2) is 5.78 Å². The third kappa shape index (κ3) is 3.75. The molecule has 1 N–H and O–H groups in total. The van der Waals surface area contributed by atoms with Gasteiger partial charge in [-0.3, -0.25) is 9.78 Å². The maximum absolute atomic E-state index is 12.6. The van der Waals surface area contributed by atoms with Crippen LogP contribution in [0.4, 0.5) is 0 Å². The Kier molecular flexibility index (Phi) is 5.46. The Bertz CT molecular complexity index is 684. The quantitative estimate of drug-likeness (QED) is 0.817. The van der Waals surface area contributed by atoms with Gasteiger partial charge in [0.05, 0.1) is 6.54 Å². The lowest BCUT2D eigenvalue weighted by Crippen LogP contribution is -2.23. The summed E-state index contributed by atoms with van der Waals surface area (Å²) in [5, 5.41) is 3.25. The fraction of sp³-hybridized carbons (Fsp3) is 0.500. The van der Waals surface area contributed by atoms with Crippen LogP contribution in [-0.4, -0.2) is 21.9 Å². The van der Waals surface area contributed by atoms with Gasteiger partial charge in [0.1, 0.15) is 0 Å². The molecule has 2 aromatic heterocycles. The molecule has 0 atom stereocenters. The van der Waals surface area contributed by atoms with Crippen LogP contribution in [0.2, 0.25) is 0 Å². The normalized spacial score (nSPS) is 15.6. The number of carbonyl (C=O) groups excluding carboxylic acids is 1. The van der Waals surface area contributed by atoms with Crippen LogP contribution >= 0.6 is 0 Å². The Labute approximate surface area is 144 Å². The topological polar surface area (TPSA) is 46.9 Å². The first-order valence-corrected chi connectivity index (χ1v) is 8.98. The maximum atomic E-state index is 12.6. The molecule has 0 amide bonds. The van der Waals surface area contributed by atoms with E-state index in [0.717, 1.165) is 16.8 Å². The van der Waals surface area contributed by atoms with Crippen LogP contribution in [0.15, 0.2) is 30.6 Å². The summed E-state index contributed by atoms with van der Waals surface area (Å²) in [5.74, 6) is 0.180. The van der Waals surface area contributed by atoms with Gasteiger partial charge in [0.2, 0.25) is 0 Å². The molecule has 24 heavy (non-hydrogen) atoms. The molecular weight excluding hydrogens is 298 g/mol. The molecule has 0 unspecified atom stereocenters. The van der Waals surface area contributed by atoms with E-state index in [1.54, 1.807) is 12.4 Å². The average Bonchev–Trinajstić information content (AvgIpc) is 2.91. The number of nitrogens with one attached hydrogen (secondary N) is 1. The molecule has 2 heterocycles. The van der Waals surface area contributed by atoms with Crippen LogP contribution in [0.5, 0.6) is 0 Å². The summed E-state index contributed by atoms with van der Waals surface area (Å²) < 4.78 is 2.40. The van der Waals surface area contributed by atoms with Crippen molar-refractivity contribution in [3.05, 3.63) is 53.1 Å². The zero-order valence-corrected chi connectivity index (χ0v) is 14.7. The van der Waals surface area contributed by atoms with Crippen LogP contribution in [0.3, 0.4) is 0 Å². The molecule has 4 heteroatoms. The highest BCUT2D eigenvalue weighted by atomic mass is 16.1. The minimum absolute atomic E-state index is 0.180. The van der Waals surface area contributed by atoms with E-state index in [2.05, 4.69) is 34.8 Å². The molecular formula is C20H27N3O. The van der Waals surface area contributed by atoms with Crippen LogP contribution in [0.25, 0.3) is 0 Å². The molecule has 0 bridgehead atoms. The Morgan fingerprint density at radius 2 is 1.92 bits per heavy atom. The summed E-state index contributed by atoms with van der Waals surface area (Å²) in [6.07, 6.45) is 9.99. The molecule has 0 aromatic carbocycles. The fourth-order valence-corrected chi connectivity index (χ4v) is 3.88. The molecule has 0 spiro atoms. The number of hydrogen-bond donors (Lipinski definition) is 1. The summed E-state index contributed by atoms with van der Waals surface area (Å²) in [7, 11) is 0. The minimum Gasteiger partial charge on any atom is -0.345 e. The van der Waals surface area contributed by atoms with E-state index >= 15 is 0 Å². The molecule has 2 aromatic rings. The maximum Gasteiger partial charge on any atom is 0.178 e. The molecule has 128 valence electrons. The van der Waals surface area contributed by atoms with Crippen LogP contribution in [0.1, 0.15) is 65.5 Å². The van der Waals surface area contributed by atoms with E-state index in [-0.39, 0.29) is 5.78 Å². The van der Waals surface area contributed by atoms with Crippen molar-refractivity contribution in [1.82, 2.24) is 14.9 Å². The Morgan fingerprint density at radius 1 is 1.21 bits per heavy atom. The van der Waals surface area contributed by atoms with Gasteiger partial charge in [-0.25, -0.2) is 0 Å². The van der Waals surface area contributed by atoms with Gasteiger partial charge in [-0.15, -0.1) is 0 Å². The smallest absolute Gasteiger partial charge is 0.178 e. The van der Waals surface area contributed by atoms with E-state index in [1.165, 1.54) is 37.8 Å². The molecule has 3 rings (SSSR count). The van der Waals surface area contributed by atoms with Gasteiger partial charge in [-0.2, -0.15) is 0 Å². The molecule has 0 radical (unpaired) electrons.